The van der Waals surface area contributed by atoms with Gasteiger partial charge in [0.15, 0.2) is 0 Å². The lowest BCUT2D eigenvalue weighted by Gasteiger charge is -2.50. The minimum atomic E-state index is -6.74. The molecule has 1 saturated heterocycles. The number of alkyl halides is 9. The molecule has 16 heteroatoms. The number of hydrogen-bond acceptors (Lipinski definition) is 6. The van der Waals surface area contributed by atoms with Crippen molar-refractivity contribution in [2.75, 3.05) is 59.1 Å². The molecule has 0 radical (unpaired) electrons. The quantitative estimate of drug-likeness (QED) is 0.144. The Morgan fingerprint density at radius 1 is 0.827 bits per heavy atom. The molecule has 296 valence electrons. The van der Waals surface area contributed by atoms with Crippen LogP contribution in [0.3, 0.4) is 0 Å². The lowest BCUT2D eigenvalue weighted by atomic mass is 9.55. The number of carboxylic acids is 1. The van der Waals surface area contributed by atoms with Gasteiger partial charge in [-0.05, 0) is 111 Å². The number of rotatable bonds is 15. The molecular weight excluding hydrogens is 711 g/mol. The summed E-state index contributed by atoms with van der Waals surface area (Å²) in [7, 11) is 0. The van der Waals surface area contributed by atoms with Gasteiger partial charge < -0.3 is 29.1 Å². The molecule has 1 aromatic carbocycles. The lowest BCUT2D eigenvalue weighted by molar-refractivity contribution is -0.457. The summed E-state index contributed by atoms with van der Waals surface area (Å²) in [5.74, 6) is 1.13. The smallest absolute Gasteiger partial charge is 0.435 e. The molecule has 3 fully saturated rings. The Balaban J connectivity index is 1.06. The lowest BCUT2D eigenvalue weighted by Crippen LogP contribution is -2.67. The normalized spacial score (nSPS) is 27.6. The number of hydrogen-bond donors (Lipinski definition) is 1. The van der Waals surface area contributed by atoms with E-state index in [1.165, 1.54) is 11.1 Å². The third kappa shape index (κ3) is 8.64. The van der Waals surface area contributed by atoms with Crippen molar-refractivity contribution in [3.05, 3.63) is 29.3 Å². The highest BCUT2D eigenvalue weighted by Gasteiger charge is 2.85. The fourth-order valence-electron chi connectivity index (χ4n) is 9.28. The van der Waals surface area contributed by atoms with E-state index in [1.54, 1.807) is 0 Å². The van der Waals surface area contributed by atoms with E-state index < -0.39 is 43.1 Å². The van der Waals surface area contributed by atoms with E-state index in [0.717, 1.165) is 83.5 Å². The summed E-state index contributed by atoms with van der Waals surface area (Å²) in [4.78, 5) is 15.5. The van der Waals surface area contributed by atoms with E-state index in [0.29, 0.717) is 37.2 Å². The zero-order valence-corrected chi connectivity index (χ0v) is 29.4. The van der Waals surface area contributed by atoms with Crippen LogP contribution >= 0.6 is 0 Å². The van der Waals surface area contributed by atoms with Gasteiger partial charge in [-0.3, -0.25) is 4.79 Å². The van der Waals surface area contributed by atoms with Gasteiger partial charge in [0.1, 0.15) is 5.75 Å². The van der Waals surface area contributed by atoms with Crippen LogP contribution in [0.25, 0.3) is 0 Å². The van der Waals surface area contributed by atoms with Crippen molar-refractivity contribution >= 4 is 5.97 Å². The average molecular weight is 761 g/mol. The summed E-state index contributed by atoms with van der Waals surface area (Å²) in [5.41, 5.74) is -3.93. The van der Waals surface area contributed by atoms with Gasteiger partial charge in [-0.2, -0.15) is 39.5 Å². The molecule has 4 aliphatic rings. The van der Waals surface area contributed by atoms with E-state index in [1.807, 2.05) is 6.07 Å². The minimum Gasteiger partial charge on any atom is -0.494 e. The van der Waals surface area contributed by atoms with Crippen molar-refractivity contribution in [2.24, 2.45) is 17.3 Å². The topological polar surface area (TPSA) is 71.5 Å². The van der Waals surface area contributed by atoms with Crippen LogP contribution in [0.5, 0.6) is 5.75 Å². The fourth-order valence-corrected chi connectivity index (χ4v) is 9.28. The van der Waals surface area contributed by atoms with Crippen LogP contribution in [-0.2, 0) is 20.7 Å². The first-order valence-corrected chi connectivity index (χ1v) is 18.3. The second-order valence-corrected chi connectivity index (χ2v) is 15.0. The maximum absolute atomic E-state index is 13.2. The number of piperazine rings is 1. The molecule has 7 nitrogen and oxygen atoms in total. The number of nitrogens with zero attached hydrogens (tertiary/aromatic N) is 2. The predicted molar refractivity (Wildman–Crippen MR) is 172 cm³/mol. The molecule has 3 aliphatic carbocycles. The molecule has 0 unspecified atom stereocenters. The van der Waals surface area contributed by atoms with Crippen molar-refractivity contribution in [1.82, 2.24) is 9.80 Å². The first-order valence-electron chi connectivity index (χ1n) is 18.3. The van der Waals surface area contributed by atoms with Crippen molar-refractivity contribution in [3.8, 4) is 5.75 Å². The monoisotopic (exact) mass is 760 g/mol. The highest BCUT2D eigenvalue weighted by Crippen LogP contribution is 2.62. The van der Waals surface area contributed by atoms with Crippen molar-refractivity contribution in [2.45, 2.75) is 107 Å². The summed E-state index contributed by atoms with van der Waals surface area (Å²) in [5, 5.41) is 8.82. The van der Waals surface area contributed by atoms with Gasteiger partial charge in [0.2, 0.25) is 0 Å². The van der Waals surface area contributed by atoms with E-state index in [2.05, 4.69) is 33.6 Å². The summed E-state index contributed by atoms with van der Waals surface area (Å²) < 4.78 is 134. The highest BCUT2D eigenvalue weighted by molar-refractivity contribution is 5.66. The SMILES string of the molecule is C[C@]12CC[C@@H]3c4ccc(OCCCN5CCN(CCCC(=O)O)CC5)cc4CC[C@H]3[C@@H]1CC[C@@H]2OCCCOC(C(F)(F)F)(C(F)(F)F)C(F)(F)F. The fraction of sp³-hybridized carbons (Fsp3) is 0.806. The van der Waals surface area contributed by atoms with Crippen molar-refractivity contribution < 1.29 is 63.6 Å². The van der Waals surface area contributed by atoms with Crippen LogP contribution in [0.4, 0.5) is 39.5 Å². The summed E-state index contributed by atoms with van der Waals surface area (Å²) >= 11 is 0. The van der Waals surface area contributed by atoms with Gasteiger partial charge in [-0.25, -0.2) is 0 Å². The molecule has 0 aromatic heterocycles. The number of fused-ring (bicyclic) bond motifs is 5. The molecule has 2 saturated carbocycles. The number of benzene rings is 1. The van der Waals surface area contributed by atoms with Crippen LogP contribution in [0.1, 0.15) is 81.8 Å². The molecule has 1 aliphatic heterocycles. The van der Waals surface area contributed by atoms with Crippen LogP contribution in [0.2, 0.25) is 0 Å². The Bertz CT molecular complexity index is 1310. The maximum atomic E-state index is 13.2. The zero-order valence-electron chi connectivity index (χ0n) is 29.4. The van der Waals surface area contributed by atoms with Crippen LogP contribution in [0.15, 0.2) is 18.2 Å². The number of ether oxygens (including phenoxy) is 3. The van der Waals surface area contributed by atoms with Gasteiger partial charge >= 0.3 is 30.1 Å². The zero-order chi connectivity index (χ0) is 38.0. The predicted octanol–water partition coefficient (Wildman–Crippen LogP) is 8.01. The van der Waals surface area contributed by atoms with Gasteiger partial charge in [0.05, 0.1) is 19.3 Å². The molecule has 52 heavy (non-hydrogen) atoms. The second kappa shape index (κ2) is 16.2. The molecule has 5 rings (SSSR count). The summed E-state index contributed by atoms with van der Waals surface area (Å²) in [6.07, 6.45) is -14.2. The molecule has 1 heterocycles. The van der Waals surface area contributed by atoms with Crippen LogP contribution in [0, 0.1) is 17.3 Å². The molecular formula is C36H49F9N2O5. The Kier molecular flexibility index (Phi) is 12.7. The van der Waals surface area contributed by atoms with Crippen LogP contribution in [-0.4, -0.2) is 110 Å². The first-order chi connectivity index (χ1) is 24.4. The van der Waals surface area contributed by atoms with E-state index in [9.17, 15) is 44.3 Å². The molecule has 0 spiro atoms. The van der Waals surface area contributed by atoms with Crippen molar-refractivity contribution in [1.29, 1.82) is 0 Å². The molecule has 1 N–H and O–H groups in total. The van der Waals surface area contributed by atoms with Gasteiger partial charge in [0, 0.05) is 45.8 Å². The van der Waals surface area contributed by atoms with E-state index in [4.69, 9.17) is 14.6 Å². The number of aryl methyl sites for hydroxylation is 1. The molecule has 0 bridgehead atoms. The average Bonchev–Trinajstić information content (AvgIpc) is 3.39. The van der Waals surface area contributed by atoms with Crippen LogP contribution < -0.4 is 4.74 Å². The molecule has 5 atom stereocenters. The number of halogens is 9. The largest absolute Gasteiger partial charge is 0.494 e. The van der Waals surface area contributed by atoms with Crippen molar-refractivity contribution in [3.63, 3.8) is 0 Å². The standard InChI is InChI=1S/C36H49F9N2O5/c1-32-13-12-27-26-9-7-25(50-20-3-15-47-18-16-46(17-19-47)14-2-5-31(48)49)23-24(26)6-8-28(27)29(32)10-11-30(32)51-21-4-22-52-33(34(37,38)39,35(40,41)42)36(43,44)45/h7,9,23,27-30H,2-6,8,10-22H2,1H3,(H,48,49)/t27-,28-,29+,30+,32+/m1/s1. The van der Waals surface area contributed by atoms with Gasteiger partial charge in [0.25, 0.3) is 0 Å². The number of aliphatic carboxylic acids is 1. The Morgan fingerprint density at radius 3 is 2.08 bits per heavy atom. The first kappa shape index (κ1) is 40.9. The highest BCUT2D eigenvalue weighted by atomic mass is 19.4. The summed E-state index contributed by atoms with van der Waals surface area (Å²) in [6.45, 7) is 6.51. The molecule has 0 amide bonds. The van der Waals surface area contributed by atoms with Gasteiger partial charge in [-0.15, -0.1) is 0 Å². The summed E-state index contributed by atoms with van der Waals surface area (Å²) in [6, 6.07) is 6.33. The van der Waals surface area contributed by atoms with E-state index in [-0.39, 0.29) is 24.5 Å². The molecule has 1 aromatic rings. The Labute approximate surface area is 298 Å². The maximum Gasteiger partial charge on any atom is 0.435 e. The number of carbonyl (C=O) groups is 1. The van der Waals surface area contributed by atoms with Gasteiger partial charge in [-0.1, -0.05) is 13.0 Å². The third-order valence-electron chi connectivity index (χ3n) is 12.0. The number of carboxylic acid groups (broad SMARTS) is 1. The Morgan fingerprint density at radius 2 is 1.46 bits per heavy atom. The Hall–Kier alpha value is -2.30. The third-order valence-corrected chi connectivity index (χ3v) is 12.0. The van der Waals surface area contributed by atoms with E-state index >= 15 is 0 Å². The minimum absolute atomic E-state index is 0.199. The second-order valence-electron chi connectivity index (χ2n) is 15.0.